The molecule has 1 unspecified atom stereocenters. The molecule has 24 heavy (non-hydrogen) atoms. The lowest BCUT2D eigenvalue weighted by molar-refractivity contribution is -0.384. The molecule has 9 nitrogen and oxygen atoms in total. The number of phenols is 2. The summed E-state index contributed by atoms with van der Waals surface area (Å²) in [6, 6.07) is 8.49. The van der Waals surface area contributed by atoms with Gasteiger partial charge >= 0.3 is 6.03 Å². The molecule has 0 heterocycles. The molecule has 126 valence electrons. The molecule has 0 fully saturated rings. The maximum Gasteiger partial charge on any atom is 0.319 e. The van der Waals surface area contributed by atoms with Crippen LogP contribution in [-0.2, 0) is 0 Å². The number of nitrogens with one attached hydrogen (secondary N) is 2. The lowest BCUT2D eigenvalue weighted by Crippen LogP contribution is -2.32. The SMILES string of the molecule is O=C(NCC(O)c1ccc(O)c(O)c1)Nc1ccc([N+](=O)[O-])cc1. The molecule has 5 N–H and O–H groups in total. The van der Waals surface area contributed by atoms with Gasteiger partial charge in [-0.15, -0.1) is 0 Å². The van der Waals surface area contributed by atoms with Gasteiger partial charge in [0.25, 0.3) is 5.69 Å². The number of aliphatic hydroxyl groups is 1. The van der Waals surface area contributed by atoms with Gasteiger partial charge in [-0.25, -0.2) is 4.79 Å². The van der Waals surface area contributed by atoms with Gasteiger partial charge < -0.3 is 26.0 Å². The minimum absolute atomic E-state index is 0.0940. The number of amides is 2. The van der Waals surface area contributed by atoms with Crippen molar-refractivity contribution < 1.29 is 25.0 Å². The quantitative estimate of drug-likeness (QED) is 0.321. The van der Waals surface area contributed by atoms with E-state index in [4.69, 9.17) is 0 Å². The summed E-state index contributed by atoms with van der Waals surface area (Å²) in [7, 11) is 0. The topological polar surface area (TPSA) is 145 Å². The summed E-state index contributed by atoms with van der Waals surface area (Å²) < 4.78 is 0. The van der Waals surface area contributed by atoms with Crippen LogP contribution in [0.25, 0.3) is 0 Å². The molecule has 0 aliphatic rings. The van der Waals surface area contributed by atoms with Crippen molar-refractivity contribution in [1.29, 1.82) is 0 Å². The Hall–Kier alpha value is -3.33. The molecule has 1 atom stereocenters. The second-order valence-corrected chi connectivity index (χ2v) is 4.90. The van der Waals surface area contributed by atoms with Gasteiger partial charge in [0.15, 0.2) is 11.5 Å². The fourth-order valence-corrected chi connectivity index (χ4v) is 1.90. The summed E-state index contributed by atoms with van der Waals surface area (Å²) in [5.74, 6) is -0.684. The van der Waals surface area contributed by atoms with E-state index in [0.29, 0.717) is 11.3 Å². The van der Waals surface area contributed by atoms with E-state index in [9.17, 15) is 30.2 Å². The number of urea groups is 1. The number of aliphatic hydroxyl groups excluding tert-OH is 1. The van der Waals surface area contributed by atoms with Crippen LogP contribution in [-0.4, -0.2) is 32.8 Å². The predicted molar refractivity (Wildman–Crippen MR) is 84.8 cm³/mol. The molecule has 2 amide bonds. The molecule has 2 aromatic carbocycles. The highest BCUT2D eigenvalue weighted by molar-refractivity contribution is 5.89. The number of nitro benzene ring substituents is 1. The van der Waals surface area contributed by atoms with Crippen LogP contribution in [0.3, 0.4) is 0 Å². The number of carbonyl (C=O) groups excluding carboxylic acids is 1. The van der Waals surface area contributed by atoms with E-state index in [1.807, 2.05) is 0 Å². The Bertz CT molecular complexity index is 747. The number of benzene rings is 2. The van der Waals surface area contributed by atoms with Gasteiger partial charge in [0.05, 0.1) is 11.0 Å². The monoisotopic (exact) mass is 333 g/mol. The molecule has 0 aliphatic carbocycles. The van der Waals surface area contributed by atoms with E-state index < -0.39 is 17.1 Å². The molecule has 0 spiro atoms. The number of anilines is 1. The minimum atomic E-state index is -1.08. The van der Waals surface area contributed by atoms with Crippen molar-refractivity contribution in [3.63, 3.8) is 0 Å². The van der Waals surface area contributed by atoms with Crippen molar-refractivity contribution in [2.75, 3.05) is 11.9 Å². The van der Waals surface area contributed by atoms with E-state index in [1.54, 1.807) is 0 Å². The van der Waals surface area contributed by atoms with Crippen molar-refractivity contribution >= 4 is 17.4 Å². The van der Waals surface area contributed by atoms with Gasteiger partial charge in [-0.05, 0) is 29.8 Å². The van der Waals surface area contributed by atoms with Crippen LogP contribution in [0.15, 0.2) is 42.5 Å². The van der Waals surface area contributed by atoms with Gasteiger partial charge in [0.1, 0.15) is 0 Å². The molecular weight excluding hydrogens is 318 g/mol. The first-order valence-electron chi connectivity index (χ1n) is 6.86. The number of nitro groups is 1. The third-order valence-electron chi connectivity index (χ3n) is 3.18. The molecule has 2 rings (SSSR count). The Balaban J connectivity index is 1.88. The standard InChI is InChI=1S/C15H15N3O6/c19-12-6-1-9(7-13(12)20)14(21)8-16-15(22)17-10-2-4-11(5-3-10)18(23)24/h1-7,14,19-21H,8H2,(H2,16,17,22). The maximum atomic E-state index is 11.7. The van der Waals surface area contributed by atoms with Crippen LogP contribution in [0.2, 0.25) is 0 Å². The Morgan fingerprint density at radius 1 is 1.12 bits per heavy atom. The number of non-ortho nitro benzene ring substituents is 1. The van der Waals surface area contributed by atoms with E-state index in [0.717, 1.165) is 0 Å². The second kappa shape index (κ2) is 7.29. The zero-order valence-corrected chi connectivity index (χ0v) is 12.3. The molecule has 0 bridgehead atoms. The lowest BCUT2D eigenvalue weighted by Gasteiger charge is -2.13. The Morgan fingerprint density at radius 2 is 1.79 bits per heavy atom. The van der Waals surface area contributed by atoms with Gasteiger partial charge in [-0.2, -0.15) is 0 Å². The zero-order chi connectivity index (χ0) is 17.7. The van der Waals surface area contributed by atoms with Crippen molar-refractivity contribution in [2.45, 2.75) is 6.10 Å². The smallest absolute Gasteiger partial charge is 0.319 e. The predicted octanol–water partition coefficient (Wildman–Crippen LogP) is 1.86. The first-order valence-corrected chi connectivity index (χ1v) is 6.86. The highest BCUT2D eigenvalue weighted by Crippen LogP contribution is 2.27. The summed E-state index contributed by atoms with van der Waals surface area (Å²) in [5, 5.41) is 43.9. The molecule has 0 saturated carbocycles. The fraction of sp³-hybridized carbons (Fsp3) is 0.133. The normalized spacial score (nSPS) is 11.5. The summed E-state index contributed by atoms with van der Waals surface area (Å²) in [6.45, 7) is -0.136. The average Bonchev–Trinajstić information content (AvgIpc) is 2.55. The van der Waals surface area contributed by atoms with Crippen LogP contribution < -0.4 is 10.6 Å². The minimum Gasteiger partial charge on any atom is -0.504 e. The molecule has 0 radical (unpaired) electrons. The first-order chi connectivity index (χ1) is 11.4. The van der Waals surface area contributed by atoms with Crippen LogP contribution in [0.5, 0.6) is 11.5 Å². The Morgan fingerprint density at radius 3 is 2.38 bits per heavy atom. The summed E-state index contributed by atoms with van der Waals surface area (Å²) in [6.07, 6.45) is -1.08. The van der Waals surface area contributed by atoms with Crippen LogP contribution >= 0.6 is 0 Å². The number of carbonyl (C=O) groups is 1. The van der Waals surface area contributed by atoms with E-state index in [2.05, 4.69) is 10.6 Å². The number of phenolic OH excluding ortho intramolecular Hbond substituents is 2. The van der Waals surface area contributed by atoms with Gasteiger partial charge in [0.2, 0.25) is 0 Å². The Labute approximate surface area is 136 Å². The highest BCUT2D eigenvalue weighted by Gasteiger charge is 2.12. The number of rotatable bonds is 5. The second-order valence-electron chi connectivity index (χ2n) is 4.90. The largest absolute Gasteiger partial charge is 0.504 e. The van der Waals surface area contributed by atoms with E-state index in [1.165, 1.54) is 42.5 Å². The zero-order valence-electron chi connectivity index (χ0n) is 12.3. The van der Waals surface area contributed by atoms with Crippen molar-refractivity contribution in [3.8, 4) is 11.5 Å². The van der Waals surface area contributed by atoms with Gasteiger partial charge in [-0.3, -0.25) is 10.1 Å². The van der Waals surface area contributed by atoms with Crippen LogP contribution in [0, 0.1) is 10.1 Å². The van der Waals surface area contributed by atoms with Crippen molar-refractivity contribution in [1.82, 2.24) is 5.32 Å². The highest BCUT2D eigenvalue weighted by atomic mass is 16.6. The third kappa shape index (κ3) is 4.34. The summed E-state index contributed by atoms with van der Waals surface area (Å²) >= 11 is 0. The van der Waals surface area contributed by atoms with E-state index in [-0.39, 0.29) is 23.7 Å². The number of nitrogens with zero attached hydrogens (tertiary/aromatic N) is 1. The molecule has 0 aromatic heterocycles. The lowest BCUT2D eigenvalue weighted by atomic mass is 10.1. The molecular formula is C15H15N3O6. The van der Waals surface area contributed by atoms with Crippen LogP contribution in [0.1, 0.15) is 11.7 Å². The fourth-order valence-electron chi connectivity index (χ4n) is 1.90. The first kappa shape index (κ1) is 17.0. The number of hydrogen-bond acceptors (Lipinski definition) is 6. The number of aromatic hydroxyl groups is 2. The molecule has 0 saturated heterocycles. The third-order valence-corrected chi connectivity index (χ3v) is 3.18. The molecule has 2 aromatic rings. The Kier molecular flexibility index (Phi) is 5.17. The molecule has 0 aliphatic heterocycles. The maximum absolute atomic E-state index is 11.7. The number of hydrogen-bond donors (Lipinski definition) is 5. The van der Waals surface area contributed by atoms with Gasteiger partial charge in [0, 0.05) is 24.4 Å². The summed E-state index contributed by atoms with van der Waals surface area (Å²) in [4.78, 5) is 21.7. The van der Waals surface area contributed by atoms with Crippen LogP contribution in [0.4, 0.5) is 16.2 Å². The van der Waals surface area contributed by atoms with E-state index >= 15 is 0 Å². The van der Waals surface area contributed by atoms with Gasteiger partial charge in [-0.1, -0.05) is 6.07 Å². The summed E-state index contributed by atoms with van der Waals surface area (Å²) in [5.41, 5.74) is 0.583. The van der Waals surface area contributed by atoms with Crippen molar-refractivity contribution in [3.05, 3.63) is 58.1 Å². The molecule has 9 heteroatoms. The van der Waals surface area contributed by atoms with Crippen molar-refractivity contribution in [2.24, 2.45) is 0 Å². The average molecular weight is 333 g/mol.